The molecular formula is C15H10O5. The molecule has 2 aliphatic rings. The Hall–Kier alpha value is -2.56. The molecule has 20 heavy (non-hydrogen) atoms. The van der Waals surface area contributed by atoms with Crippen LogP contribution in [0.25, 0.3) is 16.5 Å². The lowest BCUT2D eigenvalue weighted by Gasteiger charge is -2.24. The van der Waals surface area contributed by atoms with Gasteiger partial charge in [0.1, 0.15) is 17.9 Å². The highest BCUT2D eigenvalue weighted by Crippen LogP contribution is 2.43. The van der Waals surface area contributed by atoms with Crippen LogP contribution in [0.4, 0.5) is 0 Å². The summed E-state index contributed by atoms with van der Waals surface area (Å²) < 4.78 is 16.2. The number of ether oxygens (including phenoxy) is 2. The monoisotopic (exact) mass is 270 g/mol. The van der Waals surface area contributed by atoms with Gasteiger partial charge in [-0.1, -0.05) is 0 Å². The van der Waals surface area contributed by atoms with Crippen molar-refractivity contribution < 1.29 is 18.7 Å². The summed E-state index contributed by atoms with van der Waals surface area (Å²) in [6, 6.07) is 6.70. The molecule has 5 heteroatoms. The predicted molar refractivity (Wildman–Crippen MR) is 70.5 cm³/mol. The van der Waals surface area contributed by atoms with E-state index in [2.05, 4.69) is 0 Å². The van der Waals surface area contributed by atoms with Gasteiger partial charge in [0.25, 0.3) is 0 Å². The Kier molecular flexibility index (Phi) is 2.10. The second kappa shape index (κ2) is 3.72. The molecule has 0 spiro atoms. The number of fused-ring (bicyclic) bond motifs is 5. The van der Waals surface area contributed by atoms with E-state index in [-0.39, 0.29) is 12.6 Å². The second-order valence-corrected chi connectivity index (χ2v) is 4.86. The van der Waals surface area contributed by atoms with Gasteiger partial charge in [0, 0.05) is 22.6 Å². The molecule has 4 rings (SSSR count). The molecule has 1 atom stereocenters. The number of hydrogen-bond donors (Lipinski definition) is 0. The quantitative estimate of drug-likeness (QED) is 0.540. The fraction of sp³-hybridized carbons (Fsp3) is 0.200. The highest BCUT2D eigenvalue weighted by molar-refractivity contribution is 6.07. The maximum atomic E-state index is 11.7. The summed E-state index contributed by atoms with van der Waals surface area (Å²) in [5.74, 6) is 0.257. The number of hydrogen-bond acceptors (Lipinski definition) is 5. The van der Waals surface area contributed by atoms with Gasteiger partial charge in [-0.25, -0.2) is 9.59 Å². The highest BCUT2D eigenvalue weighted by atomic mass is 16.6. The number of carbonyl (C=O) groups excluding carboxylic acids is 1. The maximum absolute atomic E-state index is 11.7. The Morgan fingerprint density at radius 1 is 1.15 bits per heavy atom. The molecule has 0 fully saturated rings. The number of carbonyl (C=O) groups is 1. The molecular weight excluding hydrogens is 260 g/mol. The Bertz CT molecular complexity index is 843. The third kappa shape index (κ3) is 1.37. The van der Waals surface area contributed by atoms with Crippen LogP contribution in [0.1, 0.15) is 12.5 Å². The molecule has 0 radical (unpaired) electrons. The molecule has 1 aromatic carbocycles. The largest absolute Gasteiger partial charge is 0.489 e. The Balaban J connectivity index is 2.14. The van der Waals surface area contributed by atoms with Crippen molar-refractivity contribution >= 4 is 22.5 Å². The molecule has 2 aliphatic heterocycles. The van der Waals surface area contributed by atoms with Crippen LogP contribution < -0.4 is 10.4 Å². The van der Waals surface area contributed by atoms with Crippen LogP contribution in [-0.4, -0.2) is 18.7 Å². The van der Waals surface area contributed by atoms with Crippen molar-refractivity contribution in [3.63, 3.8) is 0 Å². The van der Waals surface area contributed by atoms with Gasteiger partial charge in [0.2, 0.25) is 0 Å². The average molecular weight is 270 g/mol. The van der Waals surface area contributed by atoms with Crippen molar-refractivity contribution in [2.75, 3.05) is 6.61 Å². The SMILES string of the molecule is CC1=C2c3c(ccc4ccc(=O)oc34)OCC2OC1=O. The number of rotatable bonds is 0. The Morgan fingerprint density at radius 2 is 1.95 bits per heavy atom. The van der Waals surface area contributed by atoms with Gasteiger partial charge in [-0.3, -0.25) is 0 Å². The summed E-state index contributed by atoms with van der Waals surface area (Å²) in [6.45, 7) is 2.00. The van der Waals surface area contributed by atoms with Crippen LogP contribution in [0.2, 0.25) is 0 Å². The molecule has 0 saturated carbocycles. The van der Waals surface area contributed by atoms with E-state index >= 15 is 0 Å². The van der Waals surface area contributed by atoms with Crippen molar-refractivity contribution in [2.24, 2.45) is 0 Å². The standard InChI is InChI=1S/C15H10O5/c1-7-12-10(19-15(7)17)6-18-9-4-2-8-3-5-11(16)20-14(8)13(9)12/h2-5,10H,6H2,1H3. The summed E-state index contributed by atoms with van der Waals surface area (Å²) in [6.07, 6.45) is -0.425. The minimum atomic E-state index is -0.434. The Morgan fingerprint density at radius 3 is 2.80 bits per heavy atom. The molecule has 1 aromatic heterocycles. The second-order valence-electron chi connectivity index (χ2n) is 4.86. The van der Waals surface area contributed by atoms with Gasteiger partial charge in [-0.15, -0.1) is 0 Å². The van der Waals surface area contributed by atoms with Crippen molar-refractivity contribution in [3.8, 4) is 5.75 Å². The first-order valence-corrected chi connectivity index (χ1v) is 6.27. The topological polar surface area (TPSA) is 65.7 Å². The van der Waals surface area contributed by atoms with E-state index in [0.29, 0.717) is 22.5 Å². The summed E-state index contributed by atoms with van der Waals surface area (Å²) >= 11 is 0. The minimum Gasteiger partial charge on any atom is -0.489 e. The highest BCUT2D eigenvalue weighted by Gasteiger charge is 2.39. The average Bonchev–Trinajstić information content (AvgIpc) is 2.74. The van der Waals surface area contributed by atoms with E-state index < -0.39 is 11.7 Å². The molecule has 5 nitrogen and oxygen atoms in total. The van der Waals surface area contributed by atoms with Gasteiger partial charge in [0.05, 0.1) is 5.56 Å². The van der Waals surface area contributed by atoms with E-state index in [1.165, 1.54) is 6.07 Å². The van der Waals surface area contributed by atoms with E-state index in [4.69, 9.17) is 13.9 Å². The molecule has 0 saturated heterocycles. The van der Waals surface area contributed by atoms with Crippen molar-refractivity contribution in [2.45, 2.75) is 13.0 Å². The van der Waals surface area contributed by atoms with E-state index in [0.717, 1.165) is 11.0 Å². The zero-order chi connectivity index (χ0) is 13.9. The van der Waals surface area contributed by atoms with Crippen molar-refractivity contribution in [3.05, 3.63) is 45.8 Å². The molecule has 0 N–H and O–H groups in total. The van der Waals surface area contributed by atoms with E-state index in [9.17, 15) is 9.59 Å². The summed E-state index contributed by atoms with van der Waals surface area (Å²) in [5, 5.41) is 0.784. The van der Waals surface area contributed by atoms with Crippen LogP contribution in [-0.2, 0) is 9.53 Å². The molecule has 0 amide bonds. The van der Waals surface area contributed by atoms with Gasteiger partial charge >= 0.3 is 11.6 Å². The fourth-order valence-electron chi connectivity index (χ4n) is 2.75. The van der Waals surface area contributed by atoms with Crippen LogP contribution in [0.15, 0.2) is 39.1 Å². The zero-order valence-electron chi connectivity index (χ0n) is 10.6. The van der Waals surface area contributed by atoms with Gasteiger partial charge in [0.15, 0.2) is 6.10 Å². The first-order chi connectivity index (χ1) is 9.65. The van der Waals surface area contributed by atoms with Gasteiger partial charge in [-0.2, -0.15) is 0 Å². The maximum Gasteiger partial charge on any atom is 0.336 e. The van der Waals surface area contributed by atoms with Gasteiger partial charge in [-0.05, 0) is 25.1 Å². The molecule has 2 aromatic rings. The van der Waals surface area contributed by atoms with Crippen molar-refractivity contribution in [1.82, 2.24) is 0 Å². The van der Waals surface area contributed by atoms with Crippen LogP contribution >= 0.6 is 0 Å². The first-order valence-electron chi connectivity index (χ1n) is 6.27. The lowest BCUT2D eigenvalue weighted by atomic mass is 9.93. The van der Waals surface area contributed by atoms with Gasteiger partial charge < -0.3 is 13.9 Å². The van der Waals surface area contributed by atoms with E-state index in [1.807, 2.05) is 12.1 Å². The smallest absolute Gasteiger partial charge is 0.336 e. The summed E-state index contributed by atoms with van der Waals surface area (Å²) in [7, 11) is 0. The molecule has 100 valence electrons. The zero-order valence-corrected chi connectivity index (χ0v) is 10.6. The first kappa shape index (κ1) is 11.3. The molecule has 0 bridgehead atoms. The number of benzene rings is 1. The normalized spacial score (nSPS) is 20.4. The Labute approximate surface area is 113 Å². The van der Waals surface area contributed by atoms with Crippen LogP contribution in [0, 0.1) is 0 Å². The number of esters is 1. The van der Waals surface area contributed by atoms with Crippen LogP contribution in [0.3, 0.4) is 0 Å². The summed E-state index contributed by atoms with van der Waals surface area (Å²) in [4.78, 5) is 23.2. The fourth-order valence-corrected chi connectivity index (χ4v) is 2.75. The molecule has 0 aliphatic carbocycles. The predicted octanol–water partition coefficient (Wildman–Crippen LogP) is 1.88. The minimum absolute atomic E-state index is 0.286. The third-order valence-electron chi connectivity index (χ3n) is 3.69. The van der Waals surface area contributed by atoms with E-state index in [1.54, 1.807) is 13.0 Å². The molecule has 3 heterocycles. The lowest BCUT2D eigenvalue weighted by Crippen LogP contribution is -2.25. The third-order valence-corrected chi connectivity index (χ3v) is 3.69. The summed E-state index contributed by atoms with van der Waals surface area (Å²) in [5.41, 5.74) is 1.96. The van der Waals surface area contributed by atoms with Crippen molar-refractivity contribution in [1.29, 1.82) is 0 Å². The molecule has 1 unspecified atom stereocenters. The lowest BCUT2D eigenvalue weighted by molar-refractivity contribution is -0.140. The van der Waals surface area contributed by atoms with Crippen LogP contribution in [0.5, 0.6) is 5.75 Å².